The monoisotopic (exact) mass is 746 g/mol. The number of nitrogen functional groups attached to an aromatic ring is 1. The number of hydrogen-bond donors (Lipinski definition) is 5. The van der Waals surface area contributed by atoms with Crippen LogP contribution in [0.5, 0.6) is 5.75 Å². The van der Waals surface area contributed by atoms with E-state index in [1.807, 2.05) is 17.5 Å². The van der Waals surface area contributed by atoms with Crippen molar-refractivity contribution < 1.29 is 19.1 Å². The number of rotatable bonds is 16. The van der Waals surface area contributed by atoms with Gasteiger partial charge in [0.15, 0.2) is 5.96 Å². The smallest absolute Gasteiger partial charge is 0.328 e. The topological polar surface area (TPSA) is 254 Å². The summed E-state index contributed by atoms with van der Waals surface area (Å²) in [4.78, 5) is 37.6. The Bertz CT molecular complexity index is 1950. The quantitative estimate of drug-likeness (QED) is 0.0358. The molecule has 2 heterocycles. The summed E-state index contributed by atoms with van der Waals surface area (Å²) < 4.78 is 10.9. The summed E-state index contributed by atoms with van der Waals surface area (Å²) in [6.45, 7) is 1.78. The number of ether oxygens (including phenoxy) is 2. The maximum atomic E-state index is 12.4. The van der Waals surface area contributed by atoms with Crippen LogP contribution >= 0.6 is 34.7 Å². The number of thiazole rings is 1. The molecule has 0 aliphatic heterocycles. The van der Waals surface area contributed by atoms with Gasteiger partial charge in [0.2, 0.25) is 5.91 Å². The number of amides is 1. The summed E-state index contributed by atoms with van der Waals surface area (Å²) in [5, 5.41) is 26.4. The minimum Gasteiger partial charge on any atom is -0.490 e. The molecule has 0 bridgehead atoms. The van der Waals surface area contributed by atoms with E-state index in [0.717, 1.165) is 16.3 Å². The van der Waals surface area contributed by atoms with Gasteiger partial charge in [-0.3, -0.25) is 9.79 Å². The lowest BCUT2D eigenvalue weighted by atomic mass is 9.97. The van der Waals surface area contributed by atoms with Crippen LogP contribution in [0, 0.1) is 22.7 Å². The third-order valence-electron chi connectivity index (χ3n) is 7.17. The Morgan fingerprint density at radius 2 is 1.73 bits per heavy atom. The molecule has 0 spiro atoms. The van der Waals surface area contributed by atoms with E-state index >= 15 is 0 Å². The Balaban J connectivity index is 1.33. The minimum absolute atomic E-state index is 0.00604. The molecule has 264 valence electrons. The van der Waals surface area contributed by atoms with Crippen molar-refractivity contribution in [3.8, 4) is 39.6 Å². The third kappa shape index (κ3) is 10.8. The number of guanidine groups is 1. The molecule has 0 saturated carbocycles. The predicted molar refractivity (Wildman–Crippen MR) is 198 cm³/mol. The van der Waals surface area contributed by atoms with Gasteiger partial charge in [-0.2, -0.15) is 10.5 Å². The van der Waals surface area contributed by atoms with Crippen molar-refractivity contribution in [2.24, 2.45) is 22.2 Å². The summed E-state index contributed by atoms with van der Waals surface area (Å²) in [5.74, 6) is -0.298. The maximum absolute atomic E-state index is 12.4. The number of aromatic nitrogens is 2. The summed E-state index contributed by atoms with van der Waals surface area (Å²) >= 11 is 8.80. The highest BCUT2D eigenvalue weighted by Gasteiger charge is 2.22. The first kappa shape index (κ1) is 38.4. The first-order chi connectivity index (χ1) is 24.5. The second-order valence-electron chi connectivity index (χ2n) is 10.9. The van der Waals surface area contributed by atoms with Gasteiger partial charge in [0.05, 0.1) is 17.3 Å². The van der Waals surface area contributed by atoms with Gasteiger partial charge in [-0.1, -0.05) is 47.6 Å². The lowest BCUT2D eigenvalue weighted by Gasteiger charge is -2.17. The van der Waals surface area contributed by atoms with E-state index in [9.17, 15) is 20.1 Å². The molecule has 0 aliphatic carbocycles. The van der Waals surface area contributed by atoms with Crippen LogP contribution in [0.15, 0.2) is 63.9 Å². The van der Waals surface area contributed by atoms with E-state index in [-0.39, 0.29) is 36.1 Å². The van der Waals surface area contributed by atoms with Crippen molar-refractivity contribution in [1.82, 2.24) is 15.3 Å². The molecule has 0 fully saturated rings. The summed E-state index contributed by atoms with van der Waals surface area (Å²) in [6.07, 6.45) is 0.836. The number of hydrogen-bond acceptors (Lipinski definition) is 13. The van der Waals surface area contributed by atoms with Gasteiger partial charge in [0.25, 0.3) is 0 Å². The second kappa shape index (κ2) is 18.6. The summed E-state index contributed by atoms with van der Waals surface area (Å²) in [5.41, 5.74) is 25.6. The fourth-order valence-electron chi connectivity index (χ4n) is 4.61. The van der Waals surface area contributed by atoms with Crippen LogP contribution in [0.25, 0.3) is 21.7 Å². The number of aliphatic imine (C=N–C) groups is 1. The number of halogens is 1. The van der Waals surface area contributed by atoms with E-state index in [1.54, 1.807) is 36.4 Å². The number of thioether (sulfide) groups is 1. The molecule has 2 aromatic heterocycles. The molecule has 4 rings (SSSR count). The van der Waals surface area contributed by atoms with Gasteiger partial charge >= 0.3 is 5.97 Å². The molecule has 0 saturated heterocycles. The number of carbonyl (C=O) groups is 2. The first-order valence-corrected chi connectivity index (χ1v) is 17.7. The number of benzene rings is 2. The van der Waals surface area contributed by atoms with E-state index in [2.05, 4.69) is 27.4 Å². The zero-order valence-corrected chi connectivity index (χ0v) is 29.9. The Hall–Kier alpha value is -5.39. The second-order valence-corrected chi connectivity index (χ2v) is 13.2. The largest absolute Gasteiger partial charge is 0.490 e. The van der Waals surface area contributed by atoms with Crippen molar-refractivity contribution in [2.45, 2.75) is 42.6 Å². The summed E-state index contributed by atoms with van der Waals surface area (Å²) in [6, 6.07) is 16.7. The zero-order chi connectivity index (χ0) is 36.9. The number of nitrogens with two attached hydrogens (primary N) is 4. The molecule has 0 aliphatic rings. The lowest BCUT2D eigenvalue weighted by molar-refractivity contribution is -0.148. The number of pyridine rings is 1. The average molecular weight is 747 g/mol. The van der Waals surface area contributed by atoms with Crippen LogP contribution in [0.4, 0.5) is 5.82 Å². The molecule has 17 heteroatoms. The first-order valence-electron chi connectivity index (χ1n) is 15.5. The van der Waals surface area contributed by atoms with Crippen molar-refractivity contribution in [2.75, 3.05) is 25.5 Å². The van der Waals surface area contributed by atoms with Gasteiger partial charge in [-0.05, 0) is 49.6 Å². The Kier molecular flexibility index (Phi) is 14.0. The number of anilines is 1. The van der Waals surface area contributed by atoms with Gasteiger partial charge in [0.1, 0.15) is 58.6 Å². The number of nitriles is 2. The maximum Gasteiger partial charge on any atom is 0.328 e. The van der Waals surface area contributed by atoms with Crippen LogP contribution < -0.4 is 33.0 Å². The third-order valence-corrected chi connectivity index (χ3v) is 9.37. The molecule has 14 nitrogen and oxygen atoms in total. The highest BCUT2D eigenvalue weighted by atomic mass is 35.5. The van der Waals surface area contributed by atoms with Crippen LogP contribution in [0.2, 0.25) is 5.02 Å². The van der Waals surface area contributed by atoms with Crippen molar-refractivity contribution in [1.29, 1.82) is 10.5 Å². The van der Waals surface area contributed by atoms with Crippen molar-refractivity contribution in [3.63, 3.8) is 0 Å². The highest BCUT2D eigenvalue weighted by molar-refractivity contribution is 7.98. The van der Waals surface area contributed by atoms with Crippen LogP contribution in [-0.4, -0.2) is 59.6 Å². The fourth-order valence-corrected chi connectivity index (χ4v) is 6.55. The molecule has 2 atom stereocenters. The Morgan fingerprint density at radius 3 is 2.39 bits per heavy atom. The highest BCUT2D eigenvalue weighted by Crippen LogP contribution is 2.37. The number of carbonyl (C=O) groups excluding carboxylic acids is 2. The Labute approximate surface area is 307 Å². The number of esters is 1. The molecular formula is C34H35ClN10O4S2. The molecular weight excluding hydrogens is 712 g/mol. The normalized spacial score (nSPS) is 11.8. The van der Waals surface area contributed by atoms with E-state index in [4.69, 9.17) is 49.0 Å². The molecule has 4 aromatic rings. The van der Waals surface area contributed by atoms with E-state index < -0.39 is 24.0 Å². The SMILES string of the molecule is C[C@H](NC(=O)[C@@H](N)CCCN=C(N)N)C(=O)OCCOc1ccc(-c2c(C#N)c(N)nc(SCc3csc(-c4ccc(Cl)cc4)n3)c2C#N)cc1. The lowest BCUT2D eigenvalue weighted by Crippen LogP contribution is -2.47. The molecule has 1 amide bonds. The van der Waals surface area contributed by atoms with Gasteiger partial charge in [0, 0.05) is 33.8 Å². The van der Waals surface area contributed by atoms with E-state index in [1.165, 1.54) is 30.0 Å². The molecule has 9 N–H and O–H groups in total. The Morgan fingerprint density at radius 1 is 1.04 bits per heavy atom. The molecule has 51 heavy (non-hydrogen) atoms. The standard InChI is InChI=1S/C34H35ClN10O4S2/c1-19(43-30(46)27(38)3-2-12-42-34(40)41)33(47)49-14-13-48-24-10-6-20(7-11-24)28-25(15-36)29(39)45-32(26(28)16-37)51-18-23-17-50-31(44-23)21-4-8-22(35)9-5-21/h4-11,17,19,27H,2-3,12-14,18,38H2,1H3,(H2,39,45)(H,43,46)(H4,40,41,42)/t19-,27-/m0/s1. The van der Waals surface area contributed by atoms with Crippen molar-refractivity contribution in [3.05, 3.63) is 75.8 Å². The van der Waals surface area contributed by atoms with Crippen LogP contribution in [-0.2, 0) is 20.1 Å². The van der Waals surface area contributed by atoms with E-state index in [0.29, 0.717) is 52.1 Å². The number of nitrogens with one attached hydrogen (secondary N) is 1. The van der Waals surface area contributed by atoms with Crippen molar-refractivity contribution >= 4 is 58.4 Å². The van der Waals surface area contributed by atoms with Gasteiger partial charge < -0.3 is 37.7 Å². The van der Waals surface area contributed by atoms with Crippen LogP contribution in [0.1, 0.15) is 36.6 Å². The number of nitrogens with zero attached hydrogens (tertiary/aromatic N) is 5. The summed E-state index contributed by atoms with van der Waals surface area (Å²) in [7, 11) is 0. The molecule has 2 aromatic carbocycles. The molecule has 0 unspecified atom stereocenters. The van der Waals surface area contributed by atoms with Gasteiger partial charge in [-0.25, -0.2) is 14.8 Å². The fraction of sp³-hybridized carbons (Fsp3) is 0.265. The molecule has 0 radical (unpaired) electrons. The average Bonchev–Trinajstić information content (AvgIpc) is 3.60. The minimum atomic E-state index is -0.923. The van der Waals surface area contributed by atoms with Gasteiger partial charge in [-0.15, -0.1) is 11.3 Å². The van der Waals surface area contributed by atoms with Crippen LogP contribution in [0.3, 0.4) is 0 Å². The predicted octanol–water partition coefficient (Wildman–Crippen LogP) is 3.95. The zero-order valence-electron chi connectivity index (χ0n) is 27.5.